The van der Waals surface area contributed by atoms with Crippen molar-refractivity contribution < 1.29 is 14.3 Å². The van der Waals surface area contributed by atoms with Crippen molar-refractivity contribution in [2.24, 2.45) is 0 Å². The molecule has 0 aliphatic rings. The van der Waals surface area contributed by atoms with E-state index in [1.165, 1.54) is 4.88 Å². The molecule has 0 aliphatic heterocycles. The maximum atomic E-state index is 12.4. The summed E-state index contributed by atoms with van der Waals surface area (Å²) in [6.45, 7) is 3.98. The number of hydrogen-bond donors (Lipinski definition) is 0. The third kappa shape index (κ3) is 2.92. The van der Waals surface area contributed by atoms with E-state index in [9.17, 15) is 4.79 Å². The number of hydrogen-bond acceptors (Lipinski definition) is 5. The lowest BCUT2D eigenvalue weighted by Crippen LogP contribution is -1.97. The number of carbonyl (C=O) groups is 1. The van der Waals surface area contributed by atoms with Gasteiger partial charge in [-0.05, 0) is 44.2 Å². The zero-order valence-corrected chi connectivity index (χ0v) is 14.8. The number of benzene rings is 1. The van der Waals surface area contributed by atoms with Crippen LogP contribution in [0.25, 0.3) is 11.0 Å². The van der Waals surface area contributed by atoms with Gasteiger partial charge in [-0.25, -0.2) is 4.98 Å². The molecule has 124 valence electrons. The number of aromatic nitrogens is 2. The normalized spacial score (nSPS) is 11.3. The minimum atomic E-state index is -0.0998. The molecule has 2 aromatic heterocycles. The van der Waals surface area contributed by atoms with Crippen LogP contribution in [0.2, 0.25) is 0 Å². The number of ketones is 1. The van der Waals surface area contributed by atoms with Gasteiger partial charge in [0.1, 0.15) is 0 Å². The number of aryl methyl sites for hydroxylation is 2. The molecule has 5 nitrogen and oxygen atoms in total. The lowest BCUT2D eigenvalue weighted by Gasteiger charge is -2.07. The van der Waals surface area contributed by atoms with Gasteiger partial charge in [-0.1, -0.05) is 0 Å². The number of fused-ring (bicyclic) bond motifs is 1. The van der Waals surface area contributed by atoms with Crippen LogP contribution >= 0.6 is 11.3 Å². The zero-order chi connectivity index (χ0) is 17.3. The fourth-order valence-electron chi connectivity index (χ4n) is 2.52. The van der Waals surface area contributed by atoms with Crippen molar-refractivity contribution in [3.8, 4) is 11.5 Å². The van der Waals surface area contributed by atoms with Crippen LogP contribution < -0.4 is 9.47 Å². The Hall–Kier alpha value is -2.60. The van der Waals surface area contributed by atoms with Crippen molar-refractivity contribution in [1.29, 1.82) is 0 Å². The van der Waals surface area contributed by atoms with Crippen LogP contribution in [0.5, 0.6) is 11.5 Å². The number of nitrogens with zero attached hydrogens (tertiary/aromatic N) is 2. The van der Waals surface area contributed by atoms with Crippen LogP contribution in [-0.4, -0.2) is 29.4 Å². The van der Waals surface area contributed by atoms with Crippen LogP contribution in [0.1, 0.15) is 26.6 Å². The summed E-state index contributed by atoms with van der Waals surface area (Å²) in [5.74, 6) is 1.03. The molecule has 0 unspecified atom stereocenters. The van der Waals surface area contributed by atoms with Crippen molar-refractivity contribution in [1.82, 2.24) is 9.38 Å². The van der Waals surface area contributed by atoms with Gasteiger partial charge < -0.3 is 9.47 Å². The average Bonchev–Trinajstić information content (AvgIpc) is 3.06. The molecule has 0 radical (unpaired) electrons. The van der Waals surface area contributed by atoms with E-state index < -0.39 is 0 Å². The largest absolute Gasteiger partial charge is 0.493 e. The summed E-state index contributed by atoms with van der Waals surface area (Å²) in [6, 6.07) is 5.13. The Labute approximate surface area is 144 Å². The van der Waals surface area contributed by atoms with Gasteiger partial charge in [-0.15, -0.1) is 11.3 Å². The molecule has 2 heterocycles. The van der Waals surface area contributed by atoms with Gasteiger partial charge >= 0.3 is 0 Å². The number of carbonyl (C=O) groups excluding carboxylic acids is 1. The first-order valence-electron chi connectivity index (χ1n) is 7.43. The first-order chi connectivity index (χ1) is 11.5. The van der Waals surface area contributed by atoms with E-state index in [0.29, 0.717) is 17.1 Å². The predicted molar refractivity (Wildman–Crippen MR) is 95.5 cm³/mol. The third-order valence-electron chi connectivity index (χ3n) is 3.72. The Morgan fingerprint density at radius 1 is 1.21 bits per heavy atom. The second-order valence-electron chi connectivity index (χ2n) is 5.34. The molecule has 0 bridgehead atoms. The molecule has 3 aromatic rings. The van der Waals surface area contributed by atoms with Crippen LogP contribution in [-0.2, 0) is 0 Å². The molecule has 1 aromatic carbocycles. The van der Waals surface area contributed by atoms with Gasteiger partial charge in [0.15, 0.2) is 22.2 Å². The lowest BCUT2D eigenvalue weighted by molar-refractivity contribution is 0.104. The quantitative estimate of drug-likeness (QED) is 0.521. The number of allylic oxidation sites excluding steroid dienone is 1. The first kappa shape index (κ1) is 16.3. The maximum absolute atomic E-state index is 12.4. The summed E-state index contributed by atoms with van der Waals surface area (Å²) in [4.78, 5) is 19.1. The summed E-state index contributed by atoms with van der Waals surface area (Å²) in [5, 5.41) is 0. The fraction of sp³-hybridized carbons (Fsp3) is 0.222. The van der Waals surface area contributed by atoms with Crippen LogP contribution in [0.4, 0.5) is 0 Å². The van der Waals surface area contributed by atoms with E-state index in [2.05, 4.69) is 4.98 Å². The van der Waals surface area contributed by atoms with Crippen molar-refractivity contribution >= 4 is 28.2 Å². The Kier molecular flexibility index (Phi) is 4.40. The number of methoxy groups -OCH3 is 2. The highest BCUT2D eigenvalue weighted by Crippen LogP contribution is 2.28. The summed E-state index contributed by atoms with van der Waals surface area (Å²) < 4.78 is 12.4. The van der Waals surface area contributed by atoms with Gasteiger partial charge in [-0.2, -0.15) is 0 Å². The Morgan fingerprint density at radius 2 is 1.96 bits per heavy atom. The van der Waals surface area contributed by atoms with Crippen molar-refractivity contribution in [3.63, 3.8) is 0 Å². The molecule has 24 heavy (non-hydrogen) atoms. The zero-order valence-electron chi connectivity index (χ0n) is 14.0. The number of rotatable bonds is 5. The number of ether oxygens (including phenoxy) is 2. The highest BCUT2D eigenvalue weighted by molar-refractivity contribution is 7.17. The second kappa shape index (κ2) is 6.49. The predicted octanol–water partition coefficient (Wildman–Crippen LogP) is 3.93. The van der Waals surface area contributed by atoms with Gasteiger partial charge in [0.2, 0.25) is 0 Å². The SMILES string of the molecule is COc1ccc(C(=O)/C=C/c2c(C)nc3sc(C)cn23)cc1OC. The molecular weight excluding hydrogens is 324 g/mol. The summed E-state index contributed by atoms with van der Waals surface area (Å²) >= 11 is 1.63. The minimum absolute atomic E-state index is 0.0998. The lowest BCUT2D eigenvalue weighted by atomic mass is 10.1. The molecular formula is C18H18N2O3S. The topological polar surface area (TPSA) is 52.8 Å². The molecule has 0 N–H and O–H groups in total. The second-order valence-corrected chi connectivity index (χ2v) is 6.56. The Morgan fingerprint density at radius 3 is 2.67 bits per heavy atom. The van der Waals surface area contributed by atoms with E-state index in [1.807, 2.05) is 24.4 Å². The molecule has 0 aliphatic carbocycles. The van der Waals surface area contributed by atoms with Crippen molar-refractivity contribution in [2.75, 3.05) is 14.2 Å². The summed E-state index contributed by atoms with van der Waals surface area (Å²) in [6.07, 6.45) is 5.39. The fourth-order valence-corrected chi connectivity index (χ4v) is 3.40. The summed E-state index contributed by atoms with van der Waals surface area (Å²) in [5.41, 5.74) is 2.37. The summed E-state index contributed by atoms with van der Waals surface area (Å²) in [7, 11) is 3.11. The molecule has 0 spiro atoms. The highest BCUT2D eigenvalue weighted by atomic mass is 32.1. The molecule has 0 atom stereocenters. The van der Waals surface area contributed by atoms with Gasteiger partial charge in [0, 0.05) is 16.6 Å². The van der Waals surface area contributed by atoms with Gasteiger partial charge in [0.05, 0.1) is 25.6 Å². The van der Waals surface area contributed by atoms with E-state index in [1.54, 1.807) is 55.9 Å². The molecule has 0 amide bonds. The standard InChI is InChI=1S/C18H18N2O3S/c1-11-10-20-14(12(2)19-18(20)24-11)6-7-15(21)13-5-8-16(22-3)17(9-13)23-4/h5-10H,1-4H3/b7-6+. The van der Waals surface area contributed by atoms with Gasteiger partial charge in [-0.3, -0.25) is 9.20 Å². The Bertz CT molecular complexity index is 937. The monoisotopic (exact) mass is 342 g/mol. The first-order valence-corrected chi connectivity index (χ1v) is 8.24. The average molecular weight is 342 g/mol. The smallest absolute Gasteiger partial charge is 0.194 e. The van der Waals surface area contributed by atoms with E-state index in [-0.39, 0.29) is 5.78 Å². The third-order valence-corrected chi connectivity index (χ3v) is 4.62. The molecule has 0 saturated carbocycles. The van der Waals surface area contributed by atoms with Crippen molar-refractivity contribution in [2.45, 2.75) is 13.8 Å². The van der Waals surface area contributed by atoms with Crippen LogP contribution in [0, 0.1) is 13.8 Å². The maximum Gasteiger partial charge on any atom is 0.194 e. The van der Waals surface area contributed by atoms with Gasteiger partial charge in [0.25, 0.3) is 0 Å². The number of thiazole rings is 1. The van der Waals surface area contributed by atoms with Crippen LogP contribution in [0.15, 0.2) is 30.5 Å². The van der Waals surface area contributed by atoms with E-state index >= 15 is 0 Å². The van der Waals surface area contributed by atoms with Crippen LogP contribution in [0.3, 0.4) is 0 Å². The molecule has 0 fully saturated rings. The van der Waals surface area contributed by atoms with Crippen molar-refractivity contribution in [3.05, 3.63) is 52.3 Å². The van der Waals surface area contributed by atoms with E-state index in [4.69, 9.17) is 9.47 Å². The molecule has 3 rings (SSSR count). The molecule has 0 saturated heterocycles. The Balaban J connectivity index is 1.91. The highest BCUT2D eigenvalue weighted by Gasteiger charge is 2.11. The molecule has 6 heteroatoms. The minimum Gasteiger partial charge on any atom is -0.493 e. The number of imidazole rings is 1. The van der Waals surface area contributed by atoms with E-state index in [0.717, 1.165) is 16.3 Å².